The minimum Gasteiger partial charge on any atom is -0.335 e. The van der Waals surface area contributed by atoms with Gasteiger partial charge in [0, 0.05) is 24.0 Å². The highest BCUT2D eigenvalue weighted by Gasteiger charge is 2.13. The zero-order chi connectivity index (χ0) is 17.4. The Morgan fingerprint density at radius 1 is 1.21 bits per heavy atom. The second-order valence-electron chi connectivity index (χ2n) is 5.46. The van der Waals surface area contributed by atoms with E-state index < -0.39 is 0 Å². The van der Waals surface area contributed by atoms with Crippen molar-refractivity contribution in [3.8, 4) is 6.07 Å². The Hall–Kier alpha value is -2.38. The average molecular weight is 383 g/mol. The molecule has 0 fully saturated rings. The third-order valence-electron chi connectivity index (χ3n) is 3.72. The maximum absolute atomic E-state index is 12.6. The fourth-order valence-corrected chi connectivity index (χ4v) is 2.90. The molecule has 0 aromatic heterocycles. The summed E-state index contributed by atoms with van der Waals surface area (Å²) in [5.41, 5.74) is 2.75. The number of carbonyl (C=O) groups excluding carboxylic acids is 1. The van der Waals surface area contributed by atoms with E-state index in [1.165, 1.54) is 0 Å². The molecule has 0 spiro atoms. The molecule has 4 heteroatoms. The van der Waals surface area contributed by atoms with Crippen LogP contribution in [0.5, 0.6) is 0 Å². The summed E-state index contributed by atoms with van der Waals surface area (Å²) < 4.78 is 1.03. The predicted molar refractivity (Wildman–Crippen MR) is 99.2 cm³/mol. The van der Waals surface area contributed by atoms with Crippen molar-refractivity contribution >= 4 is 21.8 Å². The Morgan fingerprint density at radius 2 is 1.92 bits per heavy atom. The summed E-state index contributed by atoms with van der Waals surface area (Å²) in [5.74, 6) is 0.0926. The lowest BCUT2D eigenvalue weighted by atomic mass is 10.1. The molecule has 0 aliphatic rings. The maximum atomic E-state index is 12.6. The van der Waals surface area contributed by atoms with Gasteiger partial charge in [-0.3, -0.25) is 4.79 Å². The molecule has 3 nitrogen and oxygen atoms in total. The van der Waals surface area contributed by atoms with Crippen LogP contribution in [0.4, 0.5) is 0 Å². The molecule has 0 heterocycles. The van der Waals surface area contributed by atoms with Crippen LogP contribution in [0.25, 0.3) is 0 Å². The van der Waals surface area contributed by atoms with Crippen LogP contribution in [0.3, 0.4) is 0 Å². The molecule has 0 saturated heterocycles. The van der Waals surface area contributed by atoms with Gasteiger partial charge in [0.2, 0.25) is 5.91 Å². The van der Waals surface area contributed by atoms with E-state index in [4.69, 9.17) is 5.26 Å². The van der Waals surface area contributed by atoms with Gasteiger partial charge in [-0.2, -0.15) is 5.26 Å². The van der Waals surface area contributed by atoms with Crippen molar-refractivity contribution in [2.75, 3.05) is 6.54 Å². The fourth-order valence-electron chi connectivity index (χ4n) is 2.42. The first kappa shape index (κ1) is 18.0. The van der Waals surface area contributed by atoms with E-state index in [9.17, 15) is 4.79 Å². The molecule has 0 bridgehead atoms. The normalized spacial score (nSPS) is 10.0. The molecule has 1 amide bonds. The summed E-state index contributed by atoms with van der Waals surface area (Å²) in [5, 5.41) is 8.85. The molecule has 122 valence electrons. The molecule has 0 radical (unpaired) electrons. The third kappa shape index (κ3) is 5.07. The number of amides is 1. The average Bonchev–Trinajstić information content (AvgIpc) is 2.61. The summed E-state index contributed by atoms with van der Waals surface area (Å²) in [6.07, 6.45) is 2.88. The van der Waals surface area contributed by atoms with Gasteiger partial charge in [0.05, 0.1) is 11.6 Å². The topological polar surface area (TPSA) is 44.1 Å². The van der Waals surface area contributed by atoms with E-state index >= 15 is 0 Å². The van der Waals surface area contributed by atoms with E-state index in [0.717, 1.165) is 15.6 Å². The number of benzene rings is 2. The first-order valence-electron chi connectivity index (χ1n) is 7.75. The molecule has 0 atom stereocenters. The highest BCUT2D eigenvalue weighted by molar-refractivity contribution is 9.10. The van der Waals surface area contributed by atoms with Crippen molar-refractivity contribution in [1.82, 2.24) is 4.90 Å². The van der Waals surface area contributed by atoms with E-state index in [-0.39, 0.29) is 5.91 Å². The van der Waals surface area contributed by atoms with Crippen LogP contribution >= 0.6 is 15.9 Å². The zero-order valence-corrected chi connectivity index (χ0v) is 15.0. The van der Waals surface area contributed by atoms with Gasteiger partial charge < -0.3 is 4.90 Å². The van der Waals surface area contributed by atoms with Gasteiger partial charge >= 0.3 is 0 Å². The number of rotatable bonds is 7. The predicted octanol–water partition coefficient (Wildman–Crippen LogP) is 4.47. The Kier molecular flexibility index (Phi) is 6.77. The van der Waals surface area contributed by atoms with Crippen molar-refractivity contribution in [2.24, 2.45) is 0 Å². The minimum atomic E-state index is 0.0926. The molecule has 2 aromatic carbocycles. The van der Waals surface area contributed by atoms with E-state index in [1.807, 2.05) is 36.4 Å². The first-order chi connectivity index (χ1) is 11.6. The highest BCUT2D eigenvalue weighted by atomic mass is 79.9. The van der Waals surface area contributed by atoms with Crippen LogP contribution < -0.4 is 0 Å². The van der Waals surface area contributed by atoms with Crippen LogP contribution in [-0.2, 0) is 17.8 Å². The lowest BCUT2D eigenvalue weighted by Crippen LogP contribution is -2.30. The molecule has 24 heavy (non-hydrogen) atoms. The quantitative estimate of drug-likeness (QED) is 0.663. The number of halogens is 1. The van der Waals surface area contributed by atoms with Crippen LogP contribution in [0.2, 0.25) is 0 Å². The lowest BCUT2D eigenvalue weighted by molar-refractivity contribution is -0.131. The monoisotopic (exact) mass is 382 g/mol. The largest absolute Gasteiger partial charge is 0.335 e. The van der Waals surface area contributed by atoms with Crippen molar-refractivity contribution in [3.63, 3.8) is 0 Å². The Bertz CT molecular complexity index is 747. The fraction of sp³-hybridized carbons (Fsp3) is 0.200. The van der Waals surface area contributed by atoms with Crippen LogP contribution in [0, 0.1) is 11.3 Å². The molecule has 0 aliphatic carbocycles. The molecule has 2 aromatic rings. The van der Waals surface area contributed by atoms with Gasteiger partial charge in [0.1, 0.15) is 0 Å². The summed E-state index contributed by atoms with van der Waals surface area (Å²) in [7, 11) is 0. The molecule has 0 unspecified atom stereocenters. The van der Waals surface area contributed by atoms with Gasteiger partial charge in [-0.05, 0) is 35.7 Å². The molecular formula is C20H19BrN2O. The van der Waals surface area contributed by atoms with Crippen molar-refractivity contribution in [2.45, 2.75) is 19.4 Å². The summed E-state index contributed by atoms with van der Waals surface area (Å²) in [6, 6.07) is 17.4. The lowest BCUT2D eigenvalue weighted by Gasteiger charge is -2.21. The van der Waals surface area contributed by atoms with Crippen molar-refractivity contribution in [1.29, 1.82) is 5.26 Å². The zero-order valence-electron chi connectivity index (χ0n) is 13.4. The summed E-state index contributed by atoms with van der Waals surface area (Å²) in [6.45, 7) is 4.77. The summed E-state index contributed by atoms with van der Waals surface area (Å²) in [4.78, 5) is 14.3. The number of hydrogen-bond acceptors (Lipinski definition) is 2. The Labute approximate surface area is 151 Å². The molecule has 2 rings (SSSR count). The number of nitriles is 1. The van der Waals surface area contributed by atoms with Crippen LogP contribution in [0.15, 0.2) is 65.7 Å². The number of carbonyl (C=O) groups is 1. The van der Waals surface area contributed by atoms with Crippen LogP contribution in [0.1, 0.15) is 23.1 Å². The highest BCUT2D eigenvalue weighted by Crippen LogP contribution is 2.18. The van der Waals surface area contributed by atoms with Gasteiger partial charge in [0.25, 0.3) is 0 Å². The first-order valence-corrected chi connectivity index (χ1v) is 8.54. The smallest absolute Gasteiger partial charge is 0.223 e. The van der Waals surface area contributed by atoms with Gasteiger partial charge in [0.15, 0.2) is 0 Å². The molecule has 0 aliphatic heterocycles. The van der Waals surface area contributed by atoms with E-state index in [1.54, 1.807) is 23.1 Å². The SMILES string of the molecule is C=CCN(Cc1ccc(C#N)cc1)C(=O)CCc1ccccc1Br. The molecular weight excluding hydrogens is 364 g/mol. The Morgan fingerprint density at radius 3 is 2.54 bits per heavy atom. The summed E-state index contributed by atoms with van der Waals surface area (Å²) >= 11 is 3.51. The second-order valence-corrected chi connectivity index (χ2v) is 6.32. The third-order valence-corrected chi connectivity index (χ3v) is 4.50. The number of aryl methyl sites for hydroxylation is 1. The van der Waals surface area contributed by atoms with Gasteiger partial charge in [-0.25, -0.2) is 0 Å². The molecule has 0 N–H and O–H groups in total. The van der Waals surface area contributed by atoms with Gasteiger partial charge in [-0.15, -0.1) is 6.58 Å². The maximum Gasteiger partial charge on any atom is 0.223 e. The van der Waals surface area contributed by atoms with E-state index in [0.29, 0.717) is 31.5 Å². The van der Waals surface area contributed by atoms with Crippen molar-refractivity contribution < 1.29 is 4.79 Å². The number of hydrogen-bond donors (Lipinski definition) is 0. The second kappa shape index (κ2) is 9.05. The number of nitrogens with zero attached hydrogens (tertiary/aromatic N) is 2. The molecule has 0 saturated carbocycles. The Balaban J connectivity index is 2.00. The van der Waals surface area contributed by atoms with E-state index in [2.05, 4.69) is 28.6 Å². The van der Waals surface area contributed by atoms with Crippen LogP contribution in [-0.4, -0.2) is 17.4 Å². The minimum absolute atomic E-state index is 0.0926. The van der Waals surface area contributed by atoms with Crippen molar-refractivity contribution in [3.05, 3.63) is 82.3 Å². The van der Waals surface area contributed by atoms with Gasteiger partial charge in [-0.1, -0.05) is 52.3 Å². The standard InChI is InChI=1S/C20H19BrN2O/c1-2-13-23(15-17-9-7-16(14-22)8-10-17)20(24)12-11-18-5-3-4-6-19(18)21/h2-10H,1,11-13,15H2.